The Labute approximate surface area is 90.1 Å². The number of amides is 3. The van der Waals surface area contributed by atoms with Gasteiger partial charge in [0.1, 0.15) is 6.04 Å². The molecule has 0 radical (unpaired) electrons. The van der Waals surface area contributed by atoms with Crippen molar-refractivity contribution >= 4 is 11.9 Å². The molecular formula is C10H19N3O2. The van der Waals surface area contributed by atoms with E-state index in [0.29, 0.717) is 13.0 Å². The molecule has 0 heterocycles. The minimum atomic E-state index is -0.687. The van der Waals surface area contributed by atoms with Crippen molar-refractivity contribution in [3.63, 3.8) is 0 Å². The van der Waals surface area contributed by atoms with E-state index in [1.54, 1.807) is 6.08 Å². The Hall–Kier alpha value is -1.52. The Bertz CT molecular complexity index is 239. The Morgan fingerprint density at radius 2 is 2.07 bits per heavy atom. The van der Waals surface area contributed by atoms with Gasteiger partial charge in [0.15, 0.2) is 0 Å². The number of carbonyl (C=O) groups excluding carboxylic acids is 2. The fourth-order valence-corrected chi connectivity index (χ4v) is 1.10. The molecule has 0 saturated carbocycles. The average molecular weight is 213 g/mol. The smallest absolute Gasteiger partial charge is 0.312 e. The standard InChI is InChI=1S/C10H19N3O2/c1-4-5-6-12-9(14)8(7(2)3)13-10(11)15/h4,7-8H,1,5-6H2,2-3H3,(H,12,14)(H3,11,13,15). The fraction of sp³-hybridized carbons (Fsp3) is 0.600. The first-order chi connectivity index (χ1) is 6.99. The Kier molecular flexibility index (Phi) is 6.17. The van der Waals surface area contributed by atoms with Crippen molar-refractivity contribution in [3.8, 4) is 0 Å². The average Bonchev–Trinajstić information content (AvgIpc) is 2.13. The molecule has 0 aliphatic rings. The lowest BCUT2D eigenvalue weighted by molar-refractivity contribution is -0.123. The van der Waals surface area contributed by atoms with Gasteiger partial charge in [0.05, 0.1) is 0 Å². The Morgan fingerprint density at radius 3 is 2.47 bits per heavy atom. The molecule has 0 aliphatic carbocycles. The molecular weight excluding hydrogens is 194 g/mol. The number of carbonyl (C=O) groups is 2. The lowest BCUT2D eigenvalue weighted by Crippen LogP contribution is -2.51. The molecule has 0 saturated heterocycles. The molecule has 1 atom stereocenters. The summed E-state index contributed by atoms with van der Waals surface area (Å²) in [6.07, 6.45) is 2.42. The molecule has 0 bridgehead atoms. The summed E-state index contributed by atoms with van der Waals surface area (Å²) in [7, 11) is 0. The molecule has 0 aromatic rings. The summed E-state index contributed by atoms with van der Waals surface area (Å²) in [6, 6.07) is -1.26. The topological polar surface area (TPSA) is 84.2 Å². The summed E-state index contributed by atoms with van der Waals surface area (Å²) < 4.78 is 0. The molecule has 3 amide bonds. The zero-order chi connectivity index (χ0) is 11.8. The summed E-state index contributed by atoms with van der Waals surface area (Å²) >= 11 is 0. The summed E-state index contributed by atoms with van der Waals surface area (Å²) in [6.45, 7) is 7.75. The van der Waals surface area contributed by atoms with Crippen molar-refractivity contribution in [1.82, 2.24) is 10.6 Å². The van der Waals surface area contributed by atoms with Gasteiger partial charge in [0.2, 0.25) is 5.91 Å². The minimum Gasteiger partial charge on any atom is -0.354 e. The van der Waals surface area contributed by atoms with Crippen molar-refractivity contribution in [2.24, 2.45) is 11.7 Å². The van der Waals surface area contributed by atoms with Crippen LogP contribution in [0.2, 0.25) is 0 Å². The molecule has 15 heavy (non-hydrogen) atoms. The number of nitrogens with two attached hydrogens (primary N) is 1. The summed E-state index contributed by atoms with van der Waals surface area (Å²) in [5, 5.41) is 5.10. The first-order valence-electron chi connectivity index (χ1n) is 4.93. The lowest BCUT2D eigenvalue weighted by Gasteiger charge is -2.20. The van der Waals surface area contributed by atoms with E-state index in [1.807, 2.05) is 13.8 Å². The number of primary amides is 1. The van der Waals surface area contributed by atoms with Crippen LogP contribution >= 0.6 is 0 Å². The van der Waals surface area contributed by atoms with Crippen LogP contribution in [0.15, 0.2) is 12.7 Å². The number of rotatable bonds is 6. The molecule has 5 nitrogen and oxygen atoms in total. The maximum atomic E-state index is 11.6. The van der Waals surface area contributed by atoms with Gasteiger partial charge in [-0.2, -0.15) is 0 Å². The number of hydrogen-bond donors (Lipinski definition) is 3. The molecule has 86 valence electrons. The van der Waals surface area contributed by atoms with Gasteiger partial charge in [-0.05, 0) is 12.3 Å². The number of urea groups is 1. The van der Waals surface area contributed by atoms with Crippen LogP contribution in [0.3, 0.4) is 0 Å². The van der Waals surface area contributed by atoms with E-state index in [2.05, 4.69) is 17.2 Å². The monoisotopic (exact) mass is 213 g/mol. The molecule has 1 unspecified atom stereocenters. The van der Waals surface area contributed by atoms with Crippen LogP contribution in [0.25, 0.3) is 0 Å². The predicted molar refractivity (Wildman–Crippen MR) is 59.2 cm³/mol. The number of nitrogens with one attached hydrogen (secondary N) is 2. The highest BCUT2D eigenvalue weighted by molar-refractivity contribution is 5.86. The summed E-state index contributed by atoms with van der Waals surface area (Å²) in [4.78, 5) is 22.2. The molecule has 0 spiro atoms. The van der Waals surface area contributed by atoms with Gasteiger partial charge >= 0.3 is 6.03 Å². The van der Waals surface area contributed by atoms with E-state index < -0.39 is 12.1 Å². The lowest BCUT2D eigenvalue weighted by atomic mass is 10.0. The van der Waals surface area contributed by atoms with Crippen molar-refractivity contribution in [3.05, 3.63) is 12.7 Å². The van der Waals surface area contributed by atoms with E-state index in [-0.39, 0.29) is 11.8 Å². The SMILES string of the molecule is C=CCCNC(=O)C(NC(N)=O)C(C)C. The Balaban J connectivity index is 4.16. The zero-order valence-electron chi connectivity index (χ0n) is 9.25. The van der Waals surface area contributed by atoms with Crippen LogP contribution in [0.5, 0.6) is 0 Å². The third-order valence-electron chi connectivity index (χ3n) is 1.89. The maximum absolute atomic E-state index is 11.6. The molecule has 0 rings (SSSR count). The van der Waals surface area contributed by atoms with Gasteiger partial charge in [-0.25, -0.2) is 4.79 Å². The summed E-state index contributed by atoms with van der Waals surface area (Å²) in [5.74, 6) is -0.216. The first kappa shape index (κ1) is 13.5. The van der Waals surface area contributed by atoms with Crippen LogP contribution in [-0.2, 0) is 4.79 Å². The highest BCUT2D eigenvalue weighted by Crippen LogP contribution is 2.01. The molecule has 4 N–H and O–H groups in total. The molecule has 0 aromatic carbocycles. The van der Waals surface area contributed by atoms with Gasteiger partial charge in [-0.1, -0.05) is 19.9 Å². The Morgan fingerprint density at radius 1 is 1.47 bits per heavy atom. The fourth-order valence-electron chi connectivity index (χ4n) is 1.10. The van der Waals surface area contributed by atoms with Crippen molar-refractivity contribution in [2.75, 3.05) is 6.54 Å². The highest BCUT2D eigenvalue weighted by Gasteiger charge is 2.22. The van der Waals surface area contributed by atoms with Gasteiger partial charge in [0, 0.05) is 6.54 Å². The van der Waals surface area contributed by atoms with Crippen molar-refractivity contribution in [1.29, 1.82) is 0 Å². The number of hydrogen-bond acceptors (Lipinski definition) is 2. The predicted octanol–water partition coefficient (Wildman–Crippen LogP) is 0.372. The largest absolute Gasteiger partial charge is 0.354 e. The second-order valence-electron chi connectivity index (χ2n) is 3.60. The molecule has 0 aliphatic heterocycles. The van der Waals surface area contributed by atoms with E-state index in [9.17, 15) is 9.59 Å². The van der Waals surface area contributed by atoms with Crippen LogP contribution in [0.4, 0.5) is 4.79 Å². The molecule has 0 aromatic heterocycles. The van der Waals surface area contributed by atoms with E-state index in [4.69, 9.17) is 5.73 Å². The van der Waals surface area contributed by atoms with Crippen LogP contribution in [0, 0.1) is 5.92 Å². The zero-order valence-corrected chi connectivity index (χ0v) is 9.25. The van der Waals surface area contributed by atoms with Gasteiger partial charge < -0.3 is 16.4 Å². The van der Waals surface area contributed by atoms with Gasteiger partial charge in [-0.15, -0.1) is 6.58 Å². The highest BCUT2D eigenvalue weighted by atomic mass is 16.2. The van der Waals surface area contributed by atoms with Crippen LogP contribution in [0.1, 0.15) is 20.3 Å². The normalized spacial score (nSPS) is 11.9. The third-order valence-corrected chi connectivity index (χ3v) is 1.89. The van der Waals surface area contributed by atoms with Gasteiger partial charge in [0.25, 0.3) is 0 Å². The minimum absolute atomic E-state index is 0.00114. The van der Waals surface area contributed by atoms with Gasteiger partial charge in [-0.3, -0.25) is 4.79 Å². The third kappa shape index (κ3) is 5.72. The van der Waals surface area contributed by atoms with Crippen LogP contribution < -0.4 is 16.4 Å². The second-order valence-corrected chi connectivity index (χ2v) is 3.60. The second kappa shape index (κ2) is 6.86. The molecule has 5 heteroatoms. The summed E-state index contributed by atoms with van der Waals surface area (Å²) in [5.41, 5.74) is 4.98. The van der Waals surface area contributed by atoms with E-state index in [0.717, 1.165) is 0 Å². The maximum Gasteiger partial charge on any atom is 0.312 e. The van der Waals surface area contributed by atoms with Crippen molar-refractivity contribution < 1.29 is 9.59 Å². The van der Waals surface area contributed by atoms with Crippen LogP contribution in [-0.4, -0.2) is 24.5 Å². The molecule has 0 fully saturated rings. The van der Waals surface area contributed by atoms with E-state index in [1.165, 1.54) is 0 Å². The van der Waals surface area contributed by atoms with Crippen molar-refractivity contribution in [2.45, 2.75) is 26.3 Å². The first-order valence-corrected chi connectivity index (χ1v) is 4.93. The quantitative estimate of drug-likeness (QED) is 0.440. The van der Waals surface area contributed by atoms with E-state index >= 15 is 0 Å².